The van der Waals surface area contributed by atoms with E-state index in [0.717, 1.165) is 0 Å². The Kier molecular flexibility index (Phi) is 3.29. The van der Waals surface area contributed by atoms with E-state index in [1.807, 2.05) is 0 Å². The fourth-order valence-electron chi connectivity index (χ4n) is 1.11. The van der Waals surface area contributed by atoms with Crippen LogP contribution in [0.2, 0.25) is 0 Å². The molecule has 0 bridgehead atoms. The van der Waals surface area contributed by atoms with Crippen molar-refractivity contribution in [2.24, 2.45) is 0 Å². The van der Waals surface area contributed by atoms with Gasteiger partial charge in [-0.25, -0.2) is 4.79 Å². The van der Waals surface area contributed by atoms with E-state index in [0.29, 0.717) is 12.0 Å². The molecule has 0 unspecified atom stereocenters. The maximum Gasteiger partial charge on any atom is 0.331 e. The van der Waals surface area contributed by atoms with Gasteiger partial charge < -0.3 is 10.2 Å². The van der Waals surface area contributed by atoms with Crippen molar-refractivity contribution in [2.45, 2.75) is 13.3 Å². The molecule has 74 valence electrons. The van der Waals surface area contributed by atoms with Gasteiger partial charge in [0.15, 0.2) is 0 Å². The van der Waals surface area contributed by atoms with Crippen molar-refractivity contribution in [3.63, 3.8) is 0 Å². The summed E-state index contributed by atoms with van der Waals surface area (Å²) < 4.78 is 0. The molecular formula is C11H12O3. The Bertz CT molecular complexity index is 367. The van der Waals surface area contributed by atoms with Crippen LogP contribution in [0.4, 0.5) is 0 Å². The molecule has 0 aliphatic carbocycles. The minimum Gasteiger partial charge on any atom is -0.507 e. The molecular weight excluding hydrogens is 180 g/mol. The van der Waals surface area contributed by atoms with Crippen molar-refractivity contribution >= 4 is 12.0 Å². The van der Waals surface area contributed by atoms with Gasteiger partial charge in [0.2, 0.25) is 0 Å². The summed E-state index contributed by atoms with van der Waals surface area (Å²) in [7, 11) is 0. The van der Waals surface area contributed by atoms with Crippen molar-refractivity contribution in [1.82, 2.24) is 0 Å². The standard InChI is InChI=1S/C11H12O3/c1-2-8(11(13)14)7-9-5-3-4-6-10(9)12/h3-7,12H,2H2,1H3,(H,13,14)/b8-7+. The first-order valence-electron chi connectivity index (χ1n) is 4.37. The number of hydrogen-bond donors (Lipinski definition) is 2. The van der Waals surface area contributed by atoms with Crippen molar-refractivity contribution in [3.05, 3.63) is 35.4 Å². The second kappa shape index (κ2) is 4.46. The van der Waals surface area contributed by atoms with Crippen LogP contribution in [0.5, 0.6) is 5.75 Å². The third-order valence-electron chi connectivity index (χ3n) is 1.92. The van der Waals surface area contributed by atoms with Gasteiger partial charge in [-0.1, -0.05) is 25.1 Å². The Morgan fingerprint density at radius 3 is 2.57 bits per heavy atom. The molecule has 0 atom stereocenters. The first-order chi connectivity index (χ1) is 6.65. The fraction of sp³-hybridized carbons (Fsp3) is 0.182. The highest BCUT2D eigenvalue weighted by molar-refractivity contribution is 5.92. The predicted octanol–water partition coefficient (Wildman–Crippen LogP) is 2.27. The van der Waals surface area contributed by atoms with Crippen LogP contribution < -0.4 is 0 Å². The maximum absolute atomic E-state index is 10.7. The summed E-state index contributed by atoms with van der Waals surface area (Å²) in [6.45, 7) is 1.76. The molecule has 0 saturated heterocycles. The zero-order valence-corrected chi connectivity index (χ0v) is 7.90. The number of carbonyl (C=O) groups is 1. The minimum atomic E-state index is -0.948. The molecule has 0 amide bonds. The van der Waals surface area contributed by atoms with Gasteiger partial charge in [-0.2, -0.15) is 0 Å². The van der Waals surface area contributed by atoms with Crippen molar-refractivity contribution < 1.29 is 15.0 Å². The Balaban J connectivity index is 3.07. The lowest BCUT2D eigenvalue weighted by molar-refractivity contribution is -0.132. The number of carboxylic acid groups (broad SMARTS) is 1. The van der Waals surface area contributed by atoms with Gasteiger partial charge in [-0.3, -0.25) is 0 Å². The Hall–Kier alpha value is -1.77. The monoisotopic (exact) mass is 192 g/mol. The van der Waals surface area contributed by atoms with Gasteiger partial charge in [-0.15, -0.1) is 0 Å². The lowest BCUT2D eigenvalue weighted by Crippen LogP contribution is -1.98. The average Bonchev–Trinajstić information content (AvgIpc) is 2.16. The van der Waals surface area contributed by atoms with Crippen LogP contribution in [0.25, 0.3) is 6.08 Å². The molecule has 0 saturated carbocycles. The van der Waals surface area contributed by atoms with Crippen molar-refractivity contribution in [2.75, 3.05) is 0 Å². The van der Waals surface area contributed by atoms with E-state index < -0.39 is 5.97 Å². The molecule has 0 aromatic heterocycles. The molecule has 3 nitrogen and oxygen atoms in total. The van der Waals surface area contributed by atoms with Crippen LogP contribution in [0.1, 0.15) is 18.9 Å². The summed E-state index contributed by atoms with van der Waals surface area (Å²) in [6.07, 6.45) is 1.92. The molecule has 1 aromatic carbocycles. The van der Waals surface area contributed by atoms with Crippen LogP contribution in [0, 0.1) is 0 Å². The second-order valence-electron chi connectivity index (χ2n) is 2.89. The SMILES string of the molecule is CC/C(=C\c1ccccc1O)C(=O)O. The quantitative estimate of drug-likeness (QED) is 0.722. The highest BCUT2D eigenvalue weighted by Crippen LogP contribution is 2.19. The van der Waals surface area contributed by atoms with E-state index in [-0.39, 0.29) is 11.3 Å². The summed E-state index contributed by atoms with van der Waals surface area (Å²) in [5.41, 5.74) is 0.818. The van der Waals surface area contributed by atoms with Crippen molar-refractivity contribution in [1.29, 1.82) is 0 Å². The normalized spacial score (nSPS) is 11.4. The van der Waals surface area contributed by atoms with Gasteiger partial charge in [0.1, 0.15) is 5.75 Å². The summed E-state index contributed by atoms with van der Waals surface area (Å²) in [4.78, 5) is 10.7. The van der Waals surface area contributed by atoms with Crippen LogP contribution in [-0.4, -0.2) is 16.2 Å². The van der Waals surface area contributed by atoms with Gasteiger partial charge in [-0.05, 0) is 18.6 Å². The van der Waals surface area contributed by atoms with E-state index in [9.17, 15) is 9.90 Å². The number of aromatic hydroxyl groups is 1. The molecule has 2 N–H and O–H groups in total. The average molecular weight is 192 g/mol. The minimum absolute atomic E-state index is 0.0969. The number of hydrogen-bond acceptors (Lipinski definition) is 2. The summed E-state index contributed by atoms with van der Waals surface area (Å²) >= 11 is 0. The number of carboxylic acids is 1. The topological polar surface area (TPSA) is 57.5 Å². The van der Waals surface area contributed by atoms with E-state index >= 15 is 0 Å². The predicted molar refractivity (Wildman–Crippen MR) is 54.0 cm³/mol. The number of benzene rings is 1. The molecule has 14 heavy (non-hydrogen) atoms. The number of aliphatic carboxylic acids is 1. The van der Waals surface area contributed by atoms with Gasteiger partial charge in [0.05, 0.1) is 0 Å². The van der Waals surface area contributed by atoms with Crippen LogP contribution in [0.15, 0.2) is 29.8 Å². The third kappa shape index (κ3) is 2.36. The Morgan fingerprint density at radius 2 is 2.07 bits per heavy atom. The molecule has 3 heteroatoms. The zero-order chi connectivity index (χ0) is 10.6. The lowest BCUT2D eigenvalue weighted by atomic mass is 10.1. The molecule has 0 fully saturated rings. The van der Waals surface area contributed by atoms with E-state index in [4.69, 9.17) is 5.11 Å². The molecule has 0 radical (unpaired) electrons. The lowest BCUT2D eigenvalue weighted by Gasteiger charge is -2.00. The maximum atomic E-state index is 10.7. The first-order valence-corrected chi connectivity index (χ1v) is 4.37. The van der Waals surface area contributed by atoms with Gasteiger partial charge >= 0.3 is 5.97 Å². The molecule has 0 aliphatic rings. The molecule has 1 aromatic rings. The smallest absolute Gasteiger partial charge is 0.331 e. The first kappa shape index (κ1) is 10.3. The van der Waals surface area contributed by atoms with Crippen LogP contribution in [-0.2, 0) is 4.79 Å². The number of phenolic OH excluding ortho intramolecular Hbond substituents is 1. The van der Waals surface area contributed by atoms with Crippen LogP contribution in [0.3, 0.4) is 0 Å². The van der Waals surface area contributed by atoms with E-state index in [1.165, 1.54) is 12.1 Å². The highest BCUT2D eigenvalue weighted by Gasteiger charge is 2.05. The molecule has 0 heterocycles. The number of rotatable bonds is 3. The van der Waals surface area contributed by atoms with Gasteiger partial charge in [0, 0.05) is 11.1 Å². The number of phenols is 1. The Morgan fingerprint density at radius 1 is 1.43 bits per heavy atom. The summed E-state index contributed by atoms with van der Waals surface area (Å²) in [5, 5.41) is 18.2. The van der Waals surface area contributed by atoms with Crippen LogP contribution >= 0.6 is 0 Å². The summed E-state index contributed by atoms with van der Waals surface area (Å²) in [6, 6.07) is 6.65. The molecule has 1 rings (SSSR count). The molecule has 0 aliphatic heterocycles. The Labute approximate surface area is 82.3 Å². The molecule has 0 spiro atoms. The van der Waals surface area contributed by atoms with E-state index in [2.05, 4.69) is 0 Å². The largest absolute Gasteiger partial charge is 0.507 e. The third-order valence-corrected chi connectivity index (χ3v) is 1.92. The van der Waals surface area contributed by atoms with Crippen molar-refractivity contribution in [3.8, 4) is 5.75 Å². The van der Waals surface area contributed by atoms with Gasteiger partial charge in [0.25, 0.3) is 0 Å². The zero-order valence-electron chi connectivity index (χ0n) is 7.90. The number of para-hydroxylation sites is 1. The second-order valence-corrected chi connectivity index (χ2v) is 2.89. The highest BCUT2D eigenvalue weighted by atomic mass is 16.4. The summed E-state index contributed by atoms with van der Waals surface area (Å²) in [5.74, 6) is -0.851. The fourth-order valence-corrected chi connectivity index (χ4v) is 1.11. The van der Waals surface area contributed by atoms with E-state index in [1.54, 1.807) is 25.1 Å².